The monoisotopic (exact) mass is 989 g/mol. The molecule has 0 aromatic rings. The molecule has 0 bridgehead atoms. The Morgan fingerprint density at radius 2 is 0.500 bits per heavy atom. The lowest BCUT2D eigenvalue weighted by molar-refractivity contribution is -0.167. The van der Waals surface area contributed by atoms with Crippen molar-refractivity contribution in [3.05, 3.63) is 0 Å². The molecule has 416 valence electrons. The fourth-order valence-corrected chi connectivity index (χ4v) is 9.85. The predicted octanol–water partition coefficient (Wildman–Crippen LogP) is 21.1. The van der Waals surface area contributed by atoms with E-state index >= 15 is 0 Å². The lowest BCUT2D eigenvalue weighted by Gasteiger charge is -2.18. The van der Waals surface area contributed by atoms with Gasteiger partial charge in [-0.15, -0.1) is 0 Å². The summed E-state index contributed by atoms with van der Waals surface area (Å²) in [4.78, 5) is 38.3. The summed E-state index contributed by atoms with van der Waals surface area (Å²) in [7, 11) is 0. The molecule has 0 aliphatic heterocycles. The molecule has 0 aliphatic carbocycles. The van der Waals surface area contributed by atoms with E-state index in [-0.39, 0.29) is 31.1 Å². The van der Waals surface area contributed by atoms with Crippen molar-refractivity contribution in [2.45, 2.75) is 362 Å². The molecule has 0 N–H and O–H groups in total. The summed E-state index contributed by atoms with van der Waals surface area (Å²) in [5, 5.41) is 0. The van der Waals surface area contributed by atoms with E-state index in [1.54, 1.807) is 0 Å². The third-order valence-electron chi connectivity index (χ3n) is 15.0. The minimum Gasteiger partial charge on any atom is -0.462 e. The molecule has 0 saturated carbocycles. The highest BCUT2D eigenvalue weighted by Crippen LogP contribution is 2.19. The fourth-order valence-electron chi connectivity index (χ4n) is 9.85. The van der Waals surface area contributed by atoms with Gasteiger partial charge < -0.3 is 14.2 Å². The van der Waals surface area contributed by atoms with Crippen LogP contribution in [-0.4, -0.2) is 37.2 Å². The summed E-state index contributed by atoms with van der Waals surface area (Å²) < 4.78 is 17.0. The molecule has 0 aromatic carbocycles. The van der Waals surface area contributed by atoms with E-state index in [4.69, 9.17) is 14.2 Å². The van der Waals surface area contributed by atoms with Crippen LogP contribution in [0.2, 0.25) is 0 Å². The number of ether oxygens (including phenoxy) is 3. The van der Waals surface area contributed by atoms with Gasteiger partial charge in [-0.2, -0.15) is 0 Å². The molecule has 6 heteroatoms. The number of carbonyl (C=O) groups excluding carboxylic acids is 3. The molecule has 0 aliphatic rings. The first-order valence-electron chi connectivity index (χ1n) is 31.6. The highest BCUT2D eigenvalue weighted by Gasteiger charge is 2.19. The molecule has 0 spiro atoms. The summed E-state index contributed by atoms with van der Waals surface area (Å²) in [5.74, 6) is 1.75. The topological polar surface area (TPSA) is 78.9 Å². The maximum absolute atomic E-state index is 12.9. The number of esters is 3. The Balaban J connectivity index is 4.30. The van der Waals surface area contributed by atoms with Crippen LogP contribution in [0.15, 0.2) is 0 Å². The average molecular weight is 990 g/mol. The minimum absolute atomic E-state index is 0.0627. The number of carbonyl (C=O) groups is 3. The van der Waals surface area contributed by atoms with Gasteiger partial charge in [0.1, 0.15) is 13.2 Å². The van der Waals surface area contributed by atoms with E-state index in [2.05, 4.69) is 41.5 Å². The molecule has 0 aromatic heterocycles. The maximum Gasteiger partial charge on any atom is 0.306 e. The standard InChI is InChI=1S/C64H124O6/c1-7-60(6)52-46-40-34-28-22-16-11-12-18-25-31-37-43-49-55-64(67)70-61(57-69-63(66)54-48-42-36-30-24-19-13-15-21-27-33-39-45-51-59(4)5)56-68-62(65)53-47-41-35-29-23-17-10-8-9-14-20-26-32-38-44-50-58(2)3/h58-61H,7-57H2,1-6H3/t60?,61-/m1/s1. The first-order valence-corrected chi connectivity index (χ1v) is 31.6. The lowest BCUT2D eigenvalue weighted by atomic mass is 9.99. The van der Waals surface area contributed by atoms with E-state index in [9.17, 15) is 14.4 Å². The Hall–Kier alpha value is -1.59. The van der Waals surface area contributed by atoms with E-state index in [0.29, 0.717) is 19.3 Å². The number of unbranched alkanes of at least 4 members (excludes halogenated alkanes) is 39. The zero-order valence-electron chi connectivity index (χ0n) is 48.3. The van der Waals surface area contributed by atoms with Crippen molar-refractivity contribution in [2.24, 2.45) is 17.8 Å². The Morgan fingerprint density at radius 1 is 0.286 bits per heavy atom. The Kier molecular flexibility index (Phi) is 53.9. The molecule has 0 rings (SSSR count). The zero-order valence-corrected chi connectivity index (χ0v) is 48.3. The average Bonchev–Trinajstić information content (AvgIpc) is 3.33. The largest absolute Gasteiger partial charge is 0.462 e. The van der Waals surface area contributed by atoms with Crippen molar-refractivity contribution < 1.29 is 28.6 Å². The maximum atomic E-state index is 12.9. The van der Waals surface area contributed by atoms with Crippen molar-refractivity contribution in [1.82, 2.24) is 0 Å². The van der Waals surface area contributed by atoms with Gasteiger partial charge >= 0.3 is 17.9 Å². The van der Waals surface area contributed by atoms with Crippen LogP contribution >= 0.6 is 0 Å². The van der Waals surface area contributed by atoms with Crippen molar-refractivity contribution in [2.75, 3.05) is 13.2 Å². The summed E-state index contributed by atoms with van der Waals surface area (Å²) >= 11 is 0. The highest BCUT2D eigenvalue weighted by atomic mass is 16.6. The van der Waals surface area contributed by atoms with Crippen LogP contribution < -0.4 is 0 Å². The van der Waals surface area contributed by atoms with Crippen molar-refractivity contribution in [3.63, 3.8) is 0 Å². The quantitative estimate of drug-likeness (QED) is 0.0343. The van der Waals surface area contributed by atoms with E-state index in [1.165, 1.54) is 238 Å². The third kappa shape index (κ3) is 55.7. The molecule has 0 amide bonds. The Bertz CT molecular complexity index is 1090. The Morgan fingerprint density at radius 3 is 0.743 bits per heavy atom. The van der Waals surface area contributed by atoms with Crippen LogP contribution in [0.25, 0.3) is 0 Å². The summed E-state index contributed by atoms with van der Waals surface area (Å²) in [5.41, 5.74) is 0. The van der Waals surface area contributed by atoms with Crippen LogP contribution in [-0.2, 0) is 28.6 Å². The summed E-state index contributed by atoms with van der Waals surface area (Å²) in [6.45, 7) is 13.8. The smallest absolute Gasteiger partial charge is 0.306 e. The predicted molar refractivity (Wildman–Crippen MR) is 303 cm³/mol. The molecular weight excluding hydrogens is 865 g/mol. The van der Waals surface area contributed by atoms with Crippen molar-refractivity contribution in [1.29, 1.82) is 0 Å². The van der Waals surface area contributed by atoms with Gasteiger partial charge in [0.25, 0.3) is 0 Å². The minimum atomic E-state index is -0.764. The van der Waals surface area contributed by atoms with Gasteiger partial charge in [0.05, 0.1) is 0 Å². The molecule has 0 saturated heterocycles. The van der Waals surface area contributed by atoms with Crippen LogP contribution in [0.1, 0.15) is 356 Å². The molecular formula is C64H124O6. The molecule has 0 radical (unpaired) electrons. The van der Waals surface area contributed by atoms with Gasteiger partial charge in [-0.25, -0.2) is 0 Å². The summed E-state index contributed by atoms with van der Waals surface area (Å²) in [6.07, 6.45) is 59.5. The van der Waals surface area contributed by atoms with Gasteiger partial charge in [0.2, 0.25) is 0 Å². The van der Waals surface area contributed by atoms with E-state index in [1.807, 2.05) is 0 Å². The van der Waals surface area contributed by atoms with Crippen LogP contribution in [0.3, 0.4) is 0 Å². The van der Waals surface area contributed by atoms with E-state index < -0.39 is 6.10 Å². The van der Waals surface area contributed by atoms with E-state index in [0.717, 1.165) is 75.5 Å². The lowest BCUT2D eigenvalue weighted by Crippen LogP contribution is -2.30. The Labute approximate surface area is 438 Å². The molecule has 2 atom stereocenters. The number of hydrogen-bond donors (Lipinski definition) is 0. The van der Waals surface area contributed by atoms with Gasteiger partial charge in [0, 0.05) is 19.3 Å². The van der Waals surface area contributed by atoms with Crippen LogP contribution in [0.5, 0.6) is 0 Å². The SMILES string of the molecule is CCC(C)CCCCCCCCCCCCCCCCC(=O)O[C@H](COC(=O)CCCCCCCCCCCCCCCCCC(C)C)COC(=O)CCCCCCCCCCCCCCCC(C)C. The highest BCUT2D eigenvalue weighted by molar-refractivity contribution is 5.71. The number of rotatable bonds is 57. The molecule has 0 heterocycles. The fraction of sp³-hybridized carbons (Fsp3) is 0.953. The molecule has 0 fully saturated rings. The summed E-state index contributed by atoms with van der Waals surface area (Å²) in [6, 6.07) is 0. The normalized spacial score (nSPS) is 12.5. The first-order chi connectivity index (χ1) is 34.1. The van der Waals surface area contributed by atoms with Crippen molar-refractivity contribution >= 4 is 17.9 Å². The van der Waals surface area contributed by atoms with Gasteiger partial charge in [-0.1, -0.05) is 318 Å². The van der Waals surface area contributed by atoms with Gasteiger partial charge in [0.15, 0.2) is 6.10 Å². The van der Waals surface area contributed by atoms with Gasteiger partial charge in [-0.3, -0.25) is 14.4 Å². The second-order valence-electron chi connectivity index (χ2n) is 23.2. The molecule has 6 nitrogen and oxygen atoms in total. The second-order valence-corrected chi connectivity index (χ2v) is 23.2. The second kappa shape index (κ2) is 55.2. The van der Waals surface area contributed by atoms with Crippen molar-refractivity contribution in [3.8, 4) is 0 Å². The zero-order chi connectivity index (χ0) is 51.2. The van der Waals surface area contributed by atoms with Gasteiger partial charge in [-0.05, 0) is 37.0 Å². The van der Waals surface area contributed by atoms with Crippen LogP contribution in [0, 0.1) is 17.8 Å². The molecule has 1 unspecified atom stereocenters. The number of hydrogen-bond acceptors (Lipinski definition) is 6. The third-order valence-corrected chi connectivity index (χ3v) is 15.0. The first kappa shape index (κ1) is 68.4. The molecule has 70 heavy (non-hydrogen) atoms. The van der Waals surface area contributed by atoms with Crippen LogP contribution in [0.4, 0.5) is 0 Å².